The second-order valence-corrected chi connectivity index (χ2v) is 18.3. The molecule has 2 aliphatic heterocycles. The molecule has 1 fully saturated rings. The lowest BCUT2D eigenvalue weighted by Crippen LogP contribution is -2.48. The molecular weight excluding hydrogens is 913 g/mol. The van der Waals surface area contributed by atoms with E-state index in [9.17, 15) is 29.6 Å². The number of carbonyl (C=O) groups excluding carboxylic acids is 3. The standard InChI is InChI=1S/C53H54N6O10S/c1-33(2)49(53(63)58-31-41(60)28-46(58)51(61)55-34(3)38-16-18-39(19-17-38)50-35(4)54-32-70-50)47-29-48(56-69-47)68-27-25-66-24-26-67-42-22-14-37(15-23-42)30-57-45-11-6-5-9-43(45)44(52(57)62)10-7-8-36-12-20-40(21-13-36)59(64)65/h5-23,29,32-34,41,46,49,60H,24-28,30-31H2,1-4H3,(H,55,61)/b8-7+,44-10-/t34-,41+,46-,49+/m0/s1. The van der Waals surface area contributed by atoms with Gasteiger partial charge in [-0.3, -0.25) is 24.5 Å². The van der Waals surface area contributed by atoms with E-state index in [1.807, 2.05) is 106 Å². The molecule has 0 bridgehead atoms. The summed E-state index contributed by atoms with van der Waals surface area (Å²) >= 11 is 1.58. The van der Waals surface area contributed by atoms with Gasteiger partial charge in [0.05, 0.1) is 58.6 Å². The summed E-state index contributed by atoms with van der Waals surface area (Å²) in [5.74, 6) is -0.663. The second-order valence-electron chi connectivity index (χ2n) is 17.5. The SMILES string of the molecule is Cc1ncsc1-c1ccc([C@H](C)NC(=O)[C@@H]2C[C@@H](O)CN2C(=O)[C@@H](c2cc(OCCOCCOc3ccc(CN4C(=O)/C(=C\C=C\c5ccc([N+](=O)[O-])cc5)c5ccccc54)cc3)no2)C(C)C)cc1. The van der Waals surface area contributed by atoms with Crippen LogP contribution in [-0.4, -0.2) is 87.9 Å². The van der Waals surface area contributed by atoms with Crippen LogP contribution in [-0.2, 0) is 25.7 Å². The number of non-ortho nitro benzene ring substituents is 1. The molecule has 1 saturated heterocycles. The van der Waals surface area contributed by atoms with Gasteiger partial charge in [0.1, 0.15) is 30.9 Å². The number of nitrogens with zero attached hydrogens (tertiary/aromatic N) is 5. The zero-order valence-corrected chi connectivity index (χ0v) is 40.0. The molecule has 0 saturated carbocycles. The van der Waals surface area contributed by atoms with Gasteiger partial charge in [-0.05, 0) is 83.6 Å². The maximum Gasteiger partial charge on any atom is 0.269 e. The Bertz CT molecular complexity index is 2860. The van der Waals surface area contributed by atoms with Crippen molar-refractivity contribution >= 4 is 52.1 Å². The van der Waals surface area contributed by atoms with Crippen molar-refractivity contribution in [3.8, 4) is 22.1 Å². The smallest absolute Gasteiger partial charge is 0.269 e. The largest absolute Gasteiger partial charge is 0.491 e. The number of rotatable bonds is 20. The number of anilines is 1. The number of fused-ring (bicyclic) bond motifs is 1. The number of aliphatic hydroxyl groups is 1. The first-order valence-corrected chi connectivity index (χ1v) is 23.9. The summed E-state index contributed by atoms with van der Waals surface area (Å²) in [5.41, 5.74) is 8.65. The Morgan fingerprint density at radius 2 is 1.70 bits per heavy atom. The van der Waals surface area contributed by atoms with Crippen LogP contribution in [0, 0.1) is 23.0 Å². The molecule has 2 aromatic heterocycles. The minimum atomic E-state index is -0.859. The summed E-state index contributed by atoms with van der Waals surface area (Å²) in [6, 6.07) is 29.7. The van der Waals surface area contributed by atoms with Crippen LogP contribution in [0.15, 0.2) is 125 Å². The maximum absolute atomic E-state index is 14.1. The summed E-state index contributed by atoms with van der Waals surface area (Å²) < 4.78 is 23.0. The number of aromatic nitrogens is 2. The van der Waals surface area contributed by atoms with E-state index in [1.54, 1.807) is 52.7 Å². The quantitative estimate of drug-likeness (QED) is 0.0320. The van der Waals surface area contributed by atoms with E-state index in [-0.39, 0.29) is 74.0 Å². The molecule has 4 heterocycles. The third-order valence-corrected chi connectivity index (χ3v) is 13.2. The number of allylic oxidation sites excluding steroid dienone is 2. The normalized spacial score (nSPS) is 17.1. The Hall–Kier alpha value is -7.47. The molecular formula is C53H54N6O10S. The average molecular weight is 967 g/mol. The number of hydrogen-bond acceptors (Lipinski definition) is 13. The van der Waals surface area contributed by atoms with E-state index in [1.165, 1.54) is 17.0 Å². The van der Waals surface area contributed by atoms with Crippen molar-refractivity contribution < 1.29 is 43.1 Å². The molecule has 3 amide bonds. The third kappa shape index (κ3) is 11.5. The van der Waals surface area contributed by atoms with Crippen LogP contribution in [0.3, 0.4) is 0 Å². The van der Waals surface area contributed by atoms with Gasteiger partial charge in [-0.2, -0.15) is 0 Å². The molecule has 4 atom stereocenters. The Labute approximate surface area is 409 Å². The first-order valence-electron chi connectivity index (χ1n) is 23.1. The number of nitro benzene ring substituents is 1. The molecule has 0 radical (unpaired) electrons. The molecule has 17 heteroatoms. The lowest BCUT2D eigenvalue weighted by molar-refractivity contribution is -0.384. The number of nitro groups is 1. The fourth-order valence-electron chi connectivity index (χ4n) is 8.59. The number of β-amino-alcohol motifs (C(OH)–C–C–N with tert-alkyl or cyclic N) is 1. The maximum atomic E-state index is 14.1. The van der Waals surface area contributed by atoms with Crippen LogP contribution >= 0.6 is 11.3 Å². The molecule has 0 spiro atoms. The lowest BCUT2D eigenvalue weighted by Gasteiger charge is -2.29. The first-order chi connectivity index (χ1) is 33.8. The van der Waals surface area contributed by atoms with Crippen LogP contribution in [0.25, 0.3) is 22.1 Å². The van der Waals surface area contributed by atoms with Crippen molar-refractivity contribution in [3.05, 3.63) is 165 Å². The van der Waals surface area contributed by atoms with E-state index < -0.39 is 23.0 Å². The molecule has 70 heavy (non-hydrogen) atoms. The van der Waals surface area contributed by atoms with Gasteiger partial charge in [0.25, 0.3) is 17.5 Å². The topological polar surface area (TPSA) is 200 Å². The number of benzene rings is 4. The number of aryl methyl sites for hydroxylation is 1. The monoisotopic (exact) mass is 966 g/mol. The minimum absolute atomic E-state index is 0.0148. The number of aliphatic hydroxyl groups excluding tert-OH is 1. The van der Waals surface area contributed by atoms with E-state index >= 15 is 0 Å². The van der Waals surface area contributed by atoms with Crippen molar-refractivity contribution in [1.82, 2.24) is 20.4 Å². The Morgan fingerprint density at radius 3 is 2.40 bits per heavy atom. The lowest BCUT2D eigenvalue weighted by atomic mass is 9.91. The molecule has 2 aliphatic rings. The Balaban J connectivity index is 0.768. The highest BCUT2D eigenvalue weighted by molar-refractivity contribution is 7.13. The molecule has 2 N–H and O–H groups in total. The highest BCUT2D eigenvalue weighted by atomic mass is 32.1. The van der Waals surface area contributed by atoms with Crippen molar-refractivity contribution in [2.45, 2.75) is 64.8 Å². The van der Waals surface area contributed by atoms with E-state index in [4.69, 9.17) is 18.7 Å². The van der Waals surface area contributed by atoms with Gasteiger partial charge in [-0.15, -0.1) is 11.3 Å². The van der Waals surface area contributed by atoms with E-state index in [0.29, 0.717) is 30.2 Å². The Kier molecular flexibility index (Phi) is 15.6. The highest BCUT2D eigenvalue weighted by Gasteiger charge is 2.43. The summed E-state index contributed by atoms with van der Waals surface area (Å²) in [4.78, 5) is 60.6. The van der Waals surface area contributed by atoms with Crippen LogP contribution in [0.1, 0.15) is 72.9 Å². The average Bonchev–Trinajstić information content (AvgIpc) is 4.16. The number of nitrogens with one attached hydrogen (secondary N) is 1. The van der Waals surface area contributed by atoms with Gasteiger partial charge in [0, 0.05) is 42.3 Å². The molecule has 8 rings (SSSR count). The van der Waals surface area contributed by atoms with Gasteiger partial charge in [0.2, 0.25) is 11.8 Å². The van der Waals surface area contributed by atoms with Gasteiger partial charge < -0.3 is 39.0 Å². The highest BCUT2D eigenvalue weighted by Crippen LogP contribution is 2.38. The summed E-state index contributed by atoms with van der Waals surface area (Å²) in [7, 11) is 0. The van der Waals surface area contributed by atoms with E-state index in [2.05, 4.69) is 15.5 Å². The molecule has 16 nitrogen and oxygen atoms in total. The van der Waals surface area contributed by atoms with Crippen molar-refractivity contribution in [2.24, 2.45) is 5.92 Å². The van der Waals surface area contributed by atoms with Crippen LogP contribution in [0.2, 0.25) is 0 Å². The fraction of sp³-hybridized carbons (Fsp3) is 0.302. The number of para-hydroxylation sites is 1. The number of likely N-dealkylation sites (tertiary alicyclic amines) is 1. The summed E-state index contributed by atoms with van der Waals surface area (Å²) in [6.45, 7) is 9.00. The molecule has 4 aromatic carbocycles. The van der Waals surface area contributed by atoms with E-state index in [0.717, 1.165) is 44.1 Å². The van der Waals surface area contributed by atoms with Crippen LogP contribution in [0.5, 0.6) is 11.6 Å². The fourth-order valence-corrected chi connectivity index (χ4v) is 9.40. The molecule has 6 aromatic rings. The zero-order valence-electron chi connectivity index (χ0n) is 39.2. The molecule has 0 aliphatic carbocycles. The number of ether oxygens (including phenoxy) is 3. The minimum Gasteiger partial charge on any atom is -0.491 e. The number of thiazole rings is 1. The number of carbonyl (C=O) groups is 3. The predicted octanol–water partition coefficient (Wildman–Crippen LogP) is 8.71. The predicted molar refractivity (Wildman–Crippen MR) is 265 cm³/mol. The zero-order chi connectivity index (χ0) is 49.3. The van der Waals surface area contributed by atoms with Gasteiger partial charge in [-0.1, -0.05) is 80.6 Å². The summed E-state index contributed by atoms with van der Waals surface area (Å²) in [5, 5.41) is 28.7. The molecule has 362 valence electrons. The van der Waals surface area contributed by atoms with Crippen molar-refractivity contribution in [1.29, 1.82) is 0 Å². The first kappa shape index (κ1) is 49.0. The van der Waals surface area contributed by atoms with Crippen LogP contribution < -0.4 is 19.7 Å². The van der Waals surface area contributed by atoms with Crippen molar-refractivity contribution in [2.75, 3.05) is 37.9 Å². The van der Waals surface area contributed by atoms with Gasteiger partial charge >= 0.3 is 0 Å². The second kappa shape index (κ2) is 22.3. The van der Waals surface area contributed by atoms with Crippen LogP contribution in [0.4, 0.5) is 11.4 Å². The van der Waals surface area contributed by atoms with Gasteiger partial charge in [-0.25, -0.2) is 4.98 Å². The van der Waals surface area contributed by atoms with Crippen molar-refractivity contribution in [3.63, 3.8) is 0 Å². The third-order valence-electron chi connectivity index (χ3n) is 12.2. The summed E-state index contributed by atoms with van der Waals surface area (Å²) in [6.07, 6.45) is 4.61. The number of hydrogen-bond donors (Lipinski definition) is 2. The number of amides is 3. The van der Waals surface area contributed by atoms with Gasteiger partial charge in [0.15, 0.2) is 5.76 Å². The molecule has 0 unspecified atom stereocenters. The Morgan fingerprint density at radius 1 is 0.971 bits per heavy atom.